The van der Waals surface area contributed by atoms with Gasteiger partial charge in [0.25, 0.3) is 5.91 Å². The van der Waals surface area contributed by atoms with Crippen molar-refractivity contribution in [2.24, 2.45) is 11.8 Å². The summed E-state index contributed by atoms with van der Waals surface area (Å²) in [5.74, 6) is 1.68. The molecule has 3 nitrogen and oxygen atoms in total. The molecule has 0 spiro atoms. The minimum Gasteiger partial charge on any atom is -0.367 e. The Labute approximate surface area is 161 Å². The molecule has 2 fully saturated rings. The molecule has 0 saturated heterocycles. The Morgan fingerprint density at radius 2 is 1.89 bits per heavy atom. The summed E-state index contributed by atoms with van der Waals surface area (Å²) in [4.78, 5) is 15.1. The number of carbonyl (C=O) groups excluding carboxylic acids is 1. The van der Waals surface area contributed by atoms with Crippen molar-refractivity contribution in [3.8, 4) is 0 Å². The van der Waals surface area contributed by atoms with Crippen molar-refractivity contribution >= 4 is 11.6 Å². The molecule has 2 aliphatic carbocycles. The summed E-state index contributed by atoms with van der Waals surface area (Å²) in [6.07, 6.45) is 7.55. The van der Waals surface area contributed by atoms with E-state index >= 15 is 0 Å². The maximum atomic E-state index is 12.6. The van der Waals surface area contributed by atoms with Crippen molar-refractivity contribution in [1.82, 2.24) is 5.32 Å². The number of fused-ring (bicyclic) bond motifs is 3. The molecule has 3 aliphatic rings. The molecule has 0 aromatic heterocycles. The van der Waals surface area contributed by atoms with Gasteiger partial charge in [0, 0.05) is 30.4 Å². The maximum absolute atomic E-state index is 12.6. The van der Waals surface area contributed by atoms with Gasteiger partial charge >= 0.3 is 0 Å². The fourth-order valence-corrected chi connectivity index (χ4v) is 5.43. The SMILES string of the molecule is O=C(N[C@@H]1C[C@H]2CC[C@@H]1C2)c1ccc(CN2CCCc3ccccc32)cc1. The molecule has 0 unspecified atom stereocenters. The molecule has 1 amide bonds. The van der Waals surface area contributed by atoms with Crippen LogP contribution in [0.4, 0.5) is 5.69 Å². The lowest BCUT2D eigenvalue weighted by molar-refractivity contribution is 0.0923. The first-order valence-corrected chi connectivity index (χ1v) is 10.5. The molecule has 2 aromatic carbocycles. The zero-order valence-electron chi connectivity index (χ0n) is 15.9. The number of aryl methyl sites for hydroxylation is 1. The van der Waals surface area contributed by atoms with Crippen LogP contribution < -0.4 is 10.2 Å². The summed E-state index contributed by atoms with van der Waals surface area (Å²) in [6.45, 7) is 2.01. The largest absolute Gasteiger partial charge is 0.367 e. The third kappa shape index (κ3) is 3.36. The van der Waals surface area contributed by atoms with E-state index in [-0.39, 0.29) is 5.91 Å². The van der Waals surface area contributed by atoms with Gasteiger partial charge in [-0.2, -0.15) is 0 Å². The average molecular weight is 361 g/mol. The van der Waals surface area contributed by atoms with Crippen LogP contribution in [0.5, 0.6) is 0 Å². The number of carbonyl (C=O) groups is 1. The standard InChI is InChI=1S/C24H28N2O/c27-24(25-22-15-18-9-12-21(22)14-18)20-10-7-17(8-11-20)16-26-13-3-5-19-4-1-2-6-23(19)26/h1-2,4,6-8,10-11,18,21-22H,3,5,9,12-16H2,(H,25,27)/t18-,21+,22+/m0/s1. The van der Waals surface area contributed by atoms with Crippen molar-refractivity contribution in [2.45, 2.75) is 51.1 Å². The number of benzene rings is 2. The van der Waals surface area contributed by atoms with E-state index < -0.39 is 0 Å². The first-order chi connectivity index (χ1) is 13.3. The molecule has 1 heterocycles. The fraction of sp³-hybridized carbons (Fsp3) is 0.458. The van der Waals surface area contributed by atoms with Crippen LogP contribution in [0.2, 0.25) is 0 Å². The van der Waals surface area contributed by atoms with E-state index in [0.717, 1.165) is 30.5 Å². The van der Waals surface area contributed by atoms with Gasteiger partial charge in [-0.15, -0.1) is 0 Å². The van der Waals surface area contributed by atoms with Crippen molar-refractivity contribution in [1.29, 1.82) is 0 Å². The van der Waals surface area contributed by atoms with Crippen LogP contribution in [-0.2, 0) is 13.0 Å². The van der Waals surface area contributed by atoms with E-state index in [1.807, 2.05) is 12.1 Å². The predicted molar refractivity (Wildman–Crippen MR) is 109 cm³/mol. The summed E-state index contributed by atoms with van der Waals surface area (Å²) in [5.41, 5.74) is 4.87. The topological polar surface area (TPSA) is 32.3 Å². The average Bonchev–Trinajstić information content (AvgIpc) is 3.32. The van der Waals surface area contributed by atoms with Gasteiger partial charge in [-0.05, 0) is 73.3 Å². The van der Waals surface area contributed by atoms with Crippen molar-refractivity contribution in [3.63, 3.8) is 0 Å². The van der Waals surface area contributed by atoms with E-state index in [1.165, 1.54) is 55.3 Å². The molecule has 2 bridgehead atoms. The zero-order valence-corrected chi connectivity index (χ0v) is 15.9. The molecule has 3 heteroatoms. The second-order valence-electron chi connectivity index (χ2n) is 8.61. The van der Waals surface area contributed by atoms with Crippen LogP contribution in [0, 0.1) is 11.8 Å². The number of nitrogens with zero attached hydrogens (tertiary/aromatic N) is 1. The van der Waals surface area contributed by atoms with E-state index in [4.69, 9.17) is 0 Å². The minimum absolute atomic E-state index is 0.0995. The van der Waals surface area contributed by atoms with Gasteiger partial charge in [-0.25, -0.2) is 0 Å². The highest BCUT2D eigenvalue weighted by molar-refractivity contribution is 5.94. The van der Waals surface area contributed by atoms with Crippen molar-refractivity contribution in [2.75, 3.05) is 11.4 Å². The van der Waals surface area contributed by atoms with Gasteiger partial charge in [0.05, 0.1) is 0 Å². The van der Waals surface area contributed by atoms with Gasteiger partial charge < -0.3 is 10.2 Å². The number of nitrogens with one attached hydrogen (secondary N) is 1. The van der Waals surface area contributed by atoms with Crippen LogP contribution in [0.25, 0.3) is 0 Å². The Kier molecular flexibility index (Phi) is 4.39. The number of rotatable bonds is 4. The summed E-state index contributed by atoms with van der Waals surface area (Å²) >= 11 is 0. The molecule has 140 valence electrons. The third-order valence-corrected chi connectivity index (χ3v) is 6.85. The smallest absolute Gasteiger partial charge is 0.251 e. The van der Waals surface area contributed by atoms with E-state index in [9.17, 15) is 4.79 Å². The Hall–Kier alpha value is -2.29. The normalized spacial score (nSPS) is 26.1. The summed E-state index contributed by atoms with van der Waals surface area (Å²) in [7, 11) is 0. The number of hydrogen-bond acceptors (Lipinski definition) is 2. The first-order valence-electron chi connectivity index (χ1n) is 10.5. The fourth-order valence-electron chi connectivity index (χ4n) is 5.43. The van der Waals surface area contributed by atoms with Crippen molar-refractivity contribution < 1.29 is 4.79 Å². The van der Waals surface area contributed by atoms with Gasteiger partial charge in [0.2, 0.25) is 0 Å². The quantitative estimate of drug-likeness (QED) is 0.867. The molecule has 27 heavy (non-hydrogen) atoms. The number of anilines is 1. The van der Waals surface area contributed by atoms with Crippen molar-refractivity contribution in [3.05, 3.63) is 65.2 Å². The van der Waals surface area contributed by atoms with Crippen LogP contribution in [-0.4, -0.2) is 18.5 Å². The highest BCUT2D eigenvalue weighted by Crippen LogP contribution is 2.44. The van der Waals surface area contributed by atoms with Gasteiger partial charge in [0.15, 0.2) is 0 Å². The number of hydrogen-bond donors (Lipinski definition) is 1. The zero-order chi connectivity index (χ0) is 18.2. The minimum atomic E-state index is 0.0995. The monoisotopic (exact) mass is 360 g/mol. The summed E-state index contributed by atoms with van der Waals surface area (Å²) in [5, 5.41) is 3.29. The molecule has 2 saturated carbocycles. The Morgan fingerprint density at radius 3 is 2.67 bits per heavy atom. The van der Waals surface area contributed by atoms with Gasteiger partial charge in [0.1, 0.15) is 0 Å². The third-order valence-electron chi connectivity index (χ3n) is 6.85. The molecular formula is C24H28N2O. The summed E-state index contributed by atoms with van der Waals surface area (Å²) < 4.78 is 0. The lowest BCUT2D eigenvalue weighted by atomic mass is 9.95. The van der Waals surface area contributed by atoms with Gasteiger partial charge in [-0.3, -0.25) is 4.79 Å². The second-order valence-corrected chi connectivity index (χ2v) is 8.61. The second kappa shape index (κ2) is 7.03. The summed E-state index contributed by atoms with van der Waals surface area (Å²) in [6, 6.07) is 17.4. The molecule has 1 N–H and O–H groups in total. The lowest BCUT2D eigenvalue weighted by Gasteiger charge is -2.31. The highest BCUT2D eigenvalue weighted by Gasteiger charge is 2.40. The predicted octanol–water partition coefficient (Wildman–Crippen LogP) is 4.56. The molecule has 3 atom stereocenters. The van der Waals surface area contributed by atoms with E-state index in [0.29, 0.717) is 6.04 Å². The Balaban J connectivity index is 1.24. The van der Waals surface area contributed by atoms with Crippen LogP contribution in [0.15, 0.2) is 48.5 Å². The molecule has 1 aliphatic heterocycles. The molecular weight excluding hydrogens is 332 g/mol. The van der Waals surface area contributed by atoms with E-state index in [1.54, 1.807) is 0 Å². The van der Waals surface area contributed by atoms with Crippen LogP contribution in [0.3, 0.4) is 0 Å². The maximum Gasteiger partial charge on any atom is 0.251 e. The van der Waals surface area contributed by atoms with Crippen LogP contribution in [0.1, 0.15) is 53.6 Å². The lowest BCUT2D eigenvalue weighted by Crippen LogP contribution is -2.38. The van der Waals surface area contributed by atoms with E-state index in [2.05, 4.69) is 46.6 Å². The molecule has 0 radical (unpaired) electrons. The first kappa shape index (κ1) is 16.9. The molecule has 2 aromatic rings. The van der Waals surface area contributed by atoms with Gasteiger partial charge in [-0.1, -0.05) is 36.8 Å². The number of para-hydroxylation sites is 1. The number of amides is 1. The molecule has 5 rings (SSSR count). The Bertz CT molecular complexity index is 829. The highest BCUT2D eigenvalue weighted by atomic mass is 16.1. The Morgan fingerprint density at radius 1 is 1.04 bits per heavy atom. The van der Waals surface area contributed by atoms with Crippen LogP contribution >= 0.6 is 0 Å².